The van der Waals surface area contributed by atoms with Gasteiger partial charge in [0, 0.05) is 19.0 Å². The van der Waals surface area contributed by atoms with Gasteiger partial charge in [-0.25, -0.2) is 0 Å². The number of fused-ring (bicyclic) bond motifs is 1. The van der Waals surface area contributed by atoms with E-state index in [9.17, 15) is 24.0 Å². The number of nitrogens with zero attached hydrogens (tertiary/aromatic N) is 1. The third-order valence-electron chi connectivity index (χ3n) is 9.10. The summed E-state index contributed by atoms with van der Waals surface area (Å²) in [6.07, 6.45) is 2.32. The van der Waals surface area contributed by atoms with Gasteiger partial charge in [-0.15, -0.1) is 0 Å². The van der Waals surface area contributed by atoms with Crippen molar-refractivity contribution in [1.82, 2.24) is 20.9 Å². The molecule has 4 unspecified atom stereocenters. The van der Waals surface area contributed by atoms with E-state index in [2.05, 4.69) is 29.8 Å². The minimum Gasteiger partial charge on any atom is -0.345 e. The molecule has 9 nitrogen and oxygen atoms in total. The molecule has 1 aromatic carbocycles. The van der Waals surface area contributed by atoms with Crippen LogP contribution in [0.2, 0.25) is 0 Å². The zero-order valence-electron chi connectivity index (χ0n) is 25.5. The molecule has 4 rings (SSSR count). The first kappa shape index (κ1) is 30.7. The van der Waals surface area contributed by atoms with E-state index in [4.69, 9.17) is 0 Å². The summed E-state index contributed by atoms with van der Waals surface area (Å²) >= 11 is 0. The summed E-state index contributed by atoms with van der Waals surface area (Å²) in [5.74, 6) is -2.23. The van der Waals surface area contributed by atoms with Gasteiger partial charge in [0.2, 0.25) is 23.5 Å². The summed E-state index contributed by atoms with van der Waals surface area (Å²) in [7, 11) is 0. The fourth-order valence-corrected chi connectivity index (χ4v) is 6.14. The number of ketones is 1. The first-order valence-corrected chi connectivity index (χ1v) is 14.9. The highest BCUT2D eigenvalue weighted by molar-refractivity contribution is 6.38. The average molecular weight is 567 g/mol. The summed E-state index contributed by atoms with van der Waals surface area (Å²) in [6.45, 7) is 14.0. The van der Waals surface area contributed by atoms with Crippen LogP contribution in [0.4, 0.5) is 0 Å². The number of benzene rings is 1. The van der Waals surface area contributed by atoms with Gasteiger partial charge in [-0.2, -0.15) is 0 Å². The van der Waals surface area contributed by atoms with Crippen LogP contribution >= 0.6 is 0 Å². The van der Waals surface area contributed by atoms with E-state index >= 15 is 0 Å². The Labute approximate surface area is 243 Å². The van der Waals surface area contributed by atoms with Crippen LogP contribution in [0.25, 0.3) is 0 Å². The molecule has 224 valence electrons. The van der Waals surface area contributed by atoms with Crippen molar-refractivity contribution >= 4 is 29.4 Å². The van der Waals surface area contributed by atoms with Crippen molar-refractivity contribution in [3.05, 3.63) is 35.9 Å². The van der Waals surface area contributed by atoms with E-state index in [0.29, 0.717) is 13.0 Å². The second-order valence-electron chi connectivity index (χ2n) is 14.1. The Morgan fingerprint density at radius 1 is 1.00 bits per heavy atom. The molecule has 2 aliphatic carbocycles. The molecule has 0 spiro atoms. The van der Waals surface area contributed by atoms with Crippen LogP contribution < -0.4 is 16.0 Å². The van der Waals surface area contributed by atoms with Crippen molar-refractivity contribution in [2.45, 2.75) is 92.4 Å². The van der Waals surface area contributed by atoms with Gasteiger partial charge in [-0.1, -0.05) is 91.6 Å². The van der Waals surface area contributed by atoms with Crippen LogP contribution in [0.5, 0.6) is 0 Å². The molecule has 1 aliphatic heterocycles. The van der Waals surface area contributed by atoms with Crippen molar-refractivity contribution in [3.63, 3.8) is 0 Å². The molecule has 1 heterocycles. The number of carbonyl (C=O) groups is 5. The van der Waals surface area contributed by atoms with Crippen LogP contribution in [-0.4, -0.2) is 59.0 Å². The predicted molar refractivity (Wildman–Crippen MR) is 155 cm³/mol. The Morgan fingerprint density at radius 3 is 2.20 bits per heavy atom. The number of hydrogen-bond donors (Lipinski definition) is 3. The largest absolute Gasteiger partial charge is 0.345 e. The van der Waals surface area contributed by atoms with Gasteiger partial charge in [0.05, 0.1) is 6.04 Å². The Balaban J connectivity index is 1.51. The summed E-state index contributed by atoms with van der Waals surface area (Å²) in [6, 6.07) is 6.79. The van der Waals surface area contributed by atoms with Crippen LogP contribution in [0.3, 0.4) is 0 Å². The van der Waals surface area contributed by atoms with Crippen LogP contribution in [0.1, 0.15) is 73.3 Å². The molecular weight excluding hydrogens is 520 g/mol. The quantitative estimate of drug-likeness (QED) is 0.356. The fraction of sp³-hybridized carbons (Fsp3) is 0.656. The molecule has 2 saturated carbocycles. The number of hydrogen-bond acceptors (Lipinski definition) is 5. The van der Waals surface area contributed by atoms with Crippen molar-refractivity contribution in [1.29, 1.82) is 0 Å². The van der Waals surface area contributed by atoms with Crippen molar-refractivity contribution in [2.24, 2.45) is 34.5 Å². The lowest BCUT2D eigenvalue weighted by Gasteiger charge is -2.38. The molecule has 3 fully saturated rings. The van der Waals surface area contributed by atoms with E-state index in [1.807, 2.05) is 51.1 Å². The maximum absolute atomic E-state index is 14.0. The first-order valence-electron chi connectivity index (χ1n) is 14.9. The van der Waals surface area contributed by atoms with Gasteiger partial charge in [0.1, 0.15) is 12.1 Å². The number of Topliss-reactive ketones (excluding diaryl/α,β-unsaturated/α-hetero) is 1. The highest BCUT2D eigenvalue weighted by Gasteiger charge is 2.70. The molecule has 41 heavy (non-hydrogen) atoms. The third kappa shape index (κ3) is 6.81. The van der Waals surface area contributed by atoms with Crippen LogP contribution in [-0.2, 0) is 30.5 Å². The Morgan fingerprint density at radius 2 is 1.63 bits per heavy atom. The van der Waals surface area contributed by atoms with Gasteiger partial charge in [-0.3, -0.25) is 24.0 Å². The maximum atomic E-state index is 14.0. The van der Waals surface area contributed by atoms with Crippen molar-refractivity contribution < 1.29 is 24.0 Å². The van der Waals surface area contributed by atoms with E-state index in [1.165, 1.54) is 0 Å². The van der Waals surface area contributed by atoms with Gasteiger partial charge in [-0.05, 0) is 40.6 Å². The second-order valence-corrected chi connectivity index (χ2v) is 14.1. The minimum atomic E-state index is -0.956. The number of amides is 4. The van der Waals surface area contributed by atoms with Gasteiger partial charge >= 0.3 is 0 Å². The zero-order chi connectivity index (χ0) is 30.3. The lowest BCUT2D eigenvalue weighted by molar-refractivity contribution is -0.147. The van der Waals surface area contributed by atoms with Crippen molar-refractivity contribution in [2.75, 3.05) is 6.54 Å². The minimum absolute atomic E-state index is 0.0588. The number of likely N-dealkylation sites (tertiary alicyclic amines) is 1. The fourth-order valence-electron chi connectivity index (χ4n) is 6.14. The summed E-state index contributed by atoms with van der Waals surface area (Å²) in [4.78, 5) is 68.3. The van der Waals surface area contributed by atoms with Crippen LogP contribution in [0.15, 0.2) is 30.3 Å². The SMILES string of the molecule is CC(C)C(=O)N[C@H](C(=O)N1CC2C(C1C(=O)NC(CC1CC1)C(=O)C(=O)NCc1ccccc1)C2(C)C)C(C)(C)C. The standard InChI is InChI=1S/C32H46N4O5/c1-18(2)27(38)35-26(31(3,4)5)30(41)36-17-21-23(32(21,6)7)24(36)28(39)34-22(15-19-13-14-19)25(37)29(40)33-16-20-11-9-8-10-12-20/h8-12,18-19,21-24,26H,13-17H2,1-7H3,(H,33,40)(H,34,39)(H,35,38)/t21?,22?,23?,24?,26-/m1/s1. The number of piperidine rings is 1. The monoisotopic (exact) mass is 566 g/mol. The summed E-state index contributed by atoms with van der Waals surface area (Å²) in [5.41, 5.74) is 0.170. The van der Waals surface area contributed by atoms with E-state index in [1.54, 1.807) is 18.7 Å². The molecule has 0 aromatic heterocycles. The maximum Gasteiger partial charge on any atom is 0.289 e. The molecule has 3 N–H and O–H groups in total. The molecule has 4 amide bonds. The first-order chi connectivity index (χ1) is 19.1. The number of rotatable bonds is 11. The van der Waals surface area contributed by atoms with Gasteiger partial charge < -0.3 is 20.9 Å². The highest BCUT2D eigenvalue weighted by Crippen LogP contribution is 2.65. The molecule has 5 atom stereocenters. The predicted octanol–water partition coefficient (Wildman–Crippen LogP) is 2.83. The Kier molecular flexibility index (Phi) is 8.67. The average Bonchev–Trinajstić information content (AvgIpc) is 3.76. The van der Waals surface area contributed by atoms with Gasteiger partial charge in [0.15, 0.2) is 0 Å². The molecule has 0 bridgehead atoms. The number of carbonyl (C=O) groups excluding carboxylic acids is 5. The van der Waals surface area contributed by atoms with Crippen molar-refractivity contribution in [3.8, 4) is 0 Å². The third-order valence-corrected chi connectivity index (χ3v) is 9.10. The van der Waals surface area contributed by atoms with E-state index in [0.717, 1.165) is 18.4 Å². The molecular formula is C32H46N4O5. The molecule has 1 saturated heterocycles. The normalized spacial score (nSPS) is 24.2. The smallest absolute Gasteiger partial charge is 0.289 e. The summed E-state index contributed by atoms with van der Waals surface area (Å²) < 4.78 is 0. The topological polar surface area (TPSA) is 125 Å². The van der Waals surface area contributed by atoms with E-state index in [-0.39, 0.29) is 47.4 Å². The molecule has 1 aromatic rings. The molecule has 3 aliphatic rings. The van der Waals surface area contributed by atoms with E-state index < -0.39 is 41.1 Å². The highest BCUT2D eigenvalue weighted by atomic mass is 16.2. The zero-order valence-corrected chi connectivity index (χ0v) is 25.5. The number of nitrogens with one attached hydrogen (secondary N) is 3. The Bertz CT molecular complexity index is 1180. The lowest BCUT2D eigenvalue weighted by Crippen LogP contribution is -2.60. The molecule has 9 heteroatoms. The van der Waals surface area contributed by atoms with Gasteiger partial charge in [0.25, 0.3) is 5.91 Å². The lowest BCUT2D eigenvalue weighted by atomic mass is 9.84. The van der Waals surface area contributed by atoms with Crippen LogP contribution in [0, 0.1) is 34.5 Å². The second kappa shape index (κ2) is 11.6. The summed E-state index contributed by atoms with van der Waals surface area (Å²) in [5, 5.41) is 8.49. The Hall–Kier alpha value is -3.23. The molecule has 0 radical (unpaired) electrons.